The third kappa shape index (κ3) is 3.16. The predicted molar refractivity (Wildman–Crippen MR) is 98.2 cm³/mol. The molecule has 0 bridgehead atoms. The zero-order chi connectivity index (χ0) is 18.1. The van der Waals surface area contributed by atoms with E-state index in [0.717, 1.165) is 29.7 Å². The van der Waals surface area contributed by atoms with Crippen LogP contribution >= 0.6 is 0 Å². The van der Waals surface area contributed by atoms with Gasteiger partial charge in [-0.15, -0.1) is 0 Å². The number of benzene rings is 1. The number of nitrogens with two attached hydrogens (primary N) is 1. The van der Waals surface area contributed by atoms with Crippen LogP contribution in [0.25, 0.3) is 11.0 Å². The second-order valence-electron chi connectivity index (χ2n) is 7.40. The molecule has 0 radical (unpaired) electrons. The molecule has 1 aromatic carbocycles. The number of aryl methyl sites for hydroxylation is 1. The Balaban J connectivity index is 1.48. The van der Waals surface area contributed by atoms with Crippen LogP contribution in [0.2, 0.25) is 0 Å². The molecule has 2 aromatic rings. The van der Waals surface area contributed by atoms with Gasteiger partial charge in [0, 0.05) is 31.4 Å². The van der Waals surface area contributed by atoms with E-state index in [4.69, 9.17) is 10.5 Å². The fraction of sp³-hybridized carbons (Fsp3) is 0.579. The molecule has 0 saturated heterocycles. The van der Waals surface area contributed by atoms with Gasteiger partial charge in [-0.2, -0.15) is 0 Å². The number of ether oxygens (including phenoxy) is 1. The number of amides is 1. The summed E-state index contributed by atoms with van der Waals surface area (Å²) < 4.78 is 5.68. The maximum absolute atomic E-state index is 12.5. The van der Waals surface area contributed by atoms with E-state index >= 15 is 0 Å². The van der Waals surface area contributed by atoms with Crippen LogP contribution < -0.4 is 11.1 Å². The van der Waals surface area contributed by atoms with Crippen LogP contribution in [-0.4, -0.2) is 40.7 Å². The molecule has 136 valence electrons. The molecule has 2 unspecified atom stereocenters. The van der Waals surface area contributed by atoms with Crippen molar-refractivity contribution >= 4 is 16.9 Å². The highest BCUT2D eigenvalue weighted by Crippen LogP contribution is 2.49. The van der Waals surface area contributed by atoms with Crippen LogP contribution in [0.15, 0.2) is 24.3 Å². The second-order valence-corrected chi connectivity index (χ2v) is 7.40. The van der Waals surface area contributed by atoms with Crippen molar-refractivity contribution < 1.29 is 9.53 Å². The minimum atomic E-state index is -0.855. The van der Waals surface area contributed by atoms with Gasteiger partial charge in [-0.25, -0.2) is 4.98 Å². The SMILES string of the molecule is CCOC1CC(N)(C(=O)NCCCc2nc3ccccc3[nH]2)C1(C)C. The Morgan fingerprint density at radius 2 is 2.20 bits per heavy atom. The molecule has 3 rings (SSSR count). The molecule has 1 heterocycles. The zero-order valence-corrected chi connectivity index (χ0v) is 15.3. The first-order chi connectivity index (χ1) is 11.9. The van der Waals surface area contributed by atoms with Crippen LogP contribution in [0.4, 0.5) is 0 Å². The molecule has 1 aromatic heterocycles. The smallest absolute Gasteiger partial charge is 0.240 e. The summed E-state index contributed by atoms with van der Waals surface area (Å²) in [6, 6.07) is 7.97. The number of rotatable bonds is 7. The number of imidazole rings is 1. The number of hydrogen-bond donors (Lipinski definition) is 3. The fourth-order valence-electron chi connectivity index (χ4n) is 3.56. The minimum absolute atomic E-state index is 0.0452. The van der Waals surface area contributed by atoms with E-state index in [9.17, 15) is 4.79 Å². The first-order valence-corrected chi connectivity index (χ1v) is 9.01. The molecule has 1 saturated carbocycles. The second kappa shape index (κ2) is 6.77. The van der Waals surface area contributed by atoms with Gasteiger partial charge in [0.25, 0.3) is 0 Å². The average Bonchev–Trinajstić information content (AvgIpc) is 3.00. The molecule has 0 aliphatic heterocycles. The van der Waals surface area contributed by atoms with Gasteiger partial charge in [-0.1, -0.05) is 26.0 Å². The van der Waals surface area contributed by atoms with Crippen molar-refractivity contribution in [3.63, 3.8) is 0 Å². The number of nitrogens with zero attached hydrogens (tertiary/aromatic N) is 1. The van der Waals surface area contributed by atoms with Gasteiger partial charge in [-0.05, 0) is 25.5 Å². The van der Waals surface area contributed by atoms with E-state index in [-0.39, 0.29) is 17.4 Å². The summed E-state index contributed by atoms with van der Waals surface area (Å²) in [7, 11) is 0. The predicted octanol–water partition coefficient (Wildman–Crippen LogP) is 2.14. The van der Waals surface area contributed by atoms with E-state index in [1.54, 1.807) is 0 Å². The highest BCUT2D eigenvalue weighted by molar-refractivity contribution is 5.88. The van der Waals surface area contributed by atoms with E-state index in [1.165, 1.54) is 0 Å². The van der Waals surface area contributed by atoms with Crippen LogP contribution in [0.3, 0.4) is 0 Å². The Kier molecular flexibility index (Phi) is 4.84. The van der Waals surface area contributed by atoms with Crippen molar-refractivity contribution in [2.45, 2.75) is 51.7 Å². The molecule has 6 nitrogen and oxygen atoms in total. The summed E-state index contributed by atoms with van der Waals surface area (Å²) in [6.07, 6.45) is 2.22. The van der Waals surface area contributed by atoms with Crippen LogP contribution in [0, 0.1) is 5.41 Å². The Labute approximate surface area is 148 Å². The molecular weight excluding hydrogens is 316 g/mol. The van der Waals surface area contributed by atoms with Crippen molar-refractivity contribution in [3.05, 3.63) is 30.1 Å². The van der Waals surface area contributed by atoms with E-state index in [2.05, 4.69) is 15.3 Å². The van der Waals surface area contributed by atoms with E-state index < -0.39 is 5.54 Å². The maximum Gasteiger partial charge on any atom is 0.240 e. The largest absolute Gasteiger partial charge is 0.378 e. The molecular formula is C19H28N4O2. The number of fused-ring (bicyclic) bond motifs is 1. The number of carbonyl (C=O) groups excluding carboxylic acids is 1. The number of aromatic nitrogens is 2. The molecule has 4 N–H and O–H groups in total. The lowest BCUT2D eigenvalue weighted by Crippen LogP contribution is -2.75. The summed E-state index contributed by atoms with van der Waals surface area (Å²) in [6.45, 7) is 7.20. The number of aromatic amines is 1. The van der Waals surface area contributed by atoms with Crippen molar-refractivity contribution in [2.24, 2.45) is 11.1 Å². The van der Waals surface area contributed by atoms with Crippen molar-refractivity contribution in [3.8, 4) is 0 Å². The number of hydrogen-bond acceptors (Lipinski definition) is 4. The van der Waals surface area contributed by atoms with E-state index in [0.29, 0.717) is 19.6 Å². The van der Waals surface area contributed by atoms with Gasteiger partial charge in [0.1, 0.15) is 11.4 Å². The Hall–Kier alpha value is -1.92. The zero-order valence-electron chi connectivity index (χ0n) is 15.3. The first-order valence-electron chi connectivity index (χ1n) is 9.01. The highest BCUT2D eigenvalue weighted by atomic mass is 16.5. The molecule has 1 amide bonds. The Bertz CT molecular complexity index is 722. The fourth-order valence-corrected chi connectivity index (χ4v) is 3.56. The summed E-state index contributed by atoms with van der Waals surface area (Å²) >= 11 is 0. The molecule has 6 heteroatoms. The molecule has 25 heavy (non-hydrogen) atoms. The number of H-pyrrole nitrogens is 1. The normalized spacial score (nSPS) is 24.9. The standard InChI is InChI=1S/C19H28N4O2/c1-4-25-15-12-19(20,18(15,2)3)17(24)21-11-7-10-16-22-13-8-5-6-9-14(13)23-16/h5-6,8-9,15H,4,7,10-12,20H2,1-3H3,(H,21,24)(H,22,23). The summed E-state index contributed by atoms with van der Waals surface area (Å²) in [5.74, 6) is 0.858. The van der Waals surface area contributed by atoms with Gasteiger partial charge in [0.15, 0.2) is 0 Å². The molecule has 1 fully saturated rings. The number of para-hydroxylation sites is 2. The lowest BCUT2D eigenvalue weighted by Gasteiger charge is -2.57. The average molecular weight is 344 g/mol. The van der Waals surface area contributed by atoms with Gasteiger partial charge in [0.2, 0.25) is 5.91 Å². The topological polar surface area (TPSA) is 93.0 Å². The van der Waals surface area contributed by atoms with Crippen molar-refractivity contribution in [1.82, 2.24) is 15.3 Å². The lowest BCUT2D eigenvalue weighted by molar-refractivity contribution is -0.170. The van der Waals surface area contributed by atoms with Crippen LogP contribution in [-0.2, 0) is 16.0 Å². The minimum Gasteiger partial charge on any atom is -0.378 e. The molecule has 2 atom stereocenters. The van der Waals surface area contributed by atoms with E-state index in [1.807, 2.05) is 45.0 Å². The van der Waals surface area contributed by atoms with Crippen molar-refractivity contribution in [1.29, 1.82) is 0 Å². The quantitative estimate of drug-likeness (QED) is 0.671. The number of nitrogens with one attached hydrogen (secondary N) is 2. The van der Waals surface area contributed by atoms with Crippen molar-refractivity contribution in [2.75, 3.05) is 13.2 Å². The summed E-state index contributed by atoms with van der Waals surface area (Å²) in [4.78, 5) is 20.4. The molecule has 1 aliphatic rings. The highest BCUT2D eigenvalue weighted by Gasteiger charge is 2.62. The van der Waals surface area contributed by atoms with Gasteiger partial charge in [0.05, 0.1) is 17.1 Å². The van der Waals surface area contributed by atoms with Gasteiger partial charge >= 0.3 is 0 Å². The molecule has 1 aliphatic carbocycles. The number of carbonyl (C=O) groups is 1. The lowest BCUT2D eigenvalue weighted by atomic mass is 9.54. The third-order valence-corrected chi connectivity index (χ3v) is 5.55. The molecule has 0 spiro atoms. The Morgan fingerprint density at radius 1 is 1.44 bits per heavy atom. The monoisotopic (exact) mass is 344 g/mol. The third-order valence-electron chi connectivity index (χ3n) is 5.55. The summed E-state index contributed by atoms with van der Waals surface area (Å²) in [5.41, 5.74) is 7.18. The maximum atomic E-state index is 12.5. The van der Waals surface area contributed by atoms with Crippen LogP contribution in [0.5, 0.6) is 0 Å². The van der Waals surface area contributed by atoms with Crippen LogP contribution in [0.1, 0.15) is 39.4 Å². The Morgan fingerprint density at radius 3 is 2.88 bits per heavy atom. The van der Waals surface area contributed by atoms with Gasteiger partial charge in [-0.3, -0.25) is 4.79 Å². The van der Waals surface area contributed by atoms with Gasteiger partial charge < -0.3 is 20.8 Å². The first kappa shape index (κ1) is 17.9. The summed E-state index contributed by atoms with van der Waals surface area (Å²) in [5, 5.41) is 2.99.